The zero-order valence-electron chi connectivity index (χ0n) is 13.1. The van der Waals surface area contributed by atoms with Gasteiger partial charge in [-0.25, -0.2) is 4.79 Å². The lowest BCUT2D eigenvalue weighted by Crippen LogP contribution is -2.19. The van der Waals surface area contributed by atoms with Gasteiger partial charge in [0.05, 0.1) is 0 Å². The number of rotatable bonds is 5. The van der Waals surface area contributed by atoms with Gasteiger partial charge in [0.25, 0.3) is 0 Å². The molecule has 7 heteroatoms. The minimum absolute atomic E-state index is 0.341. The number of nitrogens with zero attached hydrogens (tertiary/aromatic N) is 3. The molecule has 0 aliphatic rings. The summed E-state index contributed by atoms with van der Waals surface area (Å²) >= 11 is 1.33. The average molecular weight is 339 g/mol. The molecular formula is C17H17N5OS. The Morgan fingerprint density at radius 3 is 2.33 bits per heavy atom. The Bertz CT molecular complexity index is 791. The number of nitrogens with one attached hydrogen (secondary N) is 2. The van der Waals surface area contributed by atoms with Gasteiger partial charge in [-0.1, -0.05) is 47.7 Å². The molecule has 122 valence electrons. The molecule has 0 spiro atoms. The number of hydrogen-bond donors (Lipinski definition) is 2. The van der Waals surface area contributed by atoms with Crippen LogP contribution in [0.25, 0.3) is 0 Å². The average Bonchev–Trinajstić information content (AvgIpc) is 3.05. The van der Waals surface area contributed by atoms with Gasteiger partial charge in [-0.2, -0.15) is 0 Å². The van der Waals surface area contributed by atoms with Crippen LogP contribution in [0.5, 0.6) is 0 Å². The molecule has 1 aromatic heterocycles. The zero-order valence-corrected chi connectivity index (χ0v) is 14.0. The molecular weight excluding hydrogens is 322 g/mol. The number of hydrogen-bond acceptors (Lipinski definition) is 5. The van der Waals surface area contributed by atoms with E-state index in [0.29, 0.717) is 5.13 Å². The molecule has 3 rings (SSSR count). The summed E-state index contributed by atoms with van der Waals surface area (Å²) in [6.45, 7) is 2.80. The fourth-order valence-electron chi connectivity index (χ4n) is 2.19. The van der Waals surface area contributed by atoms with Crippen molar-refractivity contribution in [2.75, 3.05) is 22.1 Å². The summed E-state index contributed by atoms with van der Waals surface area (Å²) in [4.78, 5) is 14.0. The maximum Gasteiger partial charge on any atom is 0.325 e. The molecule has 1 heterocycles. The van der Waals surface area contributed by atoms with Crippen molar-refractivity contribution < 1.29 is 4.79 Å². The maximum atomic E-state index is 12.0. The Morgan fingerprint density at radius 1 is 1.00 bits per heavy atom. The molecule has 0 atom stereocenters. The van der Waals surface area contributed by atoms with Crippen LogP contribution in [0.2, 0.25) is 0 Å². The van der Waals surface area contributed by atoms with Crippen LogP contribution in [0.15, 0.2) is 60.7 Å². The number of urea groups is 1. The molecule has 0 unspecified atom stereocenters. The van der Waals surface area contributed by atoms with Crippen LogP contribution in [0, 0.1) is 0 Å². The van der Waals surface area contributed by atoms with Crippen molar-refractivity contribution in [2.45, 2.75) is 6.92 Å². The summed E-state index contributed by atoms with van der Waals surface area (Å²) < 4.78 is 0. The first kappa shape index (κ1) is 15.9. The fourth-order valence-corrected chi connectivity index (χ4v) is 3.02. The highest BCUT2D eigenvalue weighted by Gasteiger charge is 2.14. The van der Waals surface area contributed by atoms with Crippen LogP contribution in [0.1, 0.15) is 6.92 Å². The third-order valence-corrected chi connectivity index (χ3v) is 4.14. The van der Waals surface area contributed by atoms with Gasteiger partial charge in [0.1, 0.15) is 0 Å². The first-order valence-electron chi connectivity index (χ1n) is 7.55. The van der Waals surface area contributed by atoms with E-state index in [-0.39, 0.29) is 6.03 Å². The topological polar surface area (TPSA) is 70.2 Å². The van der Waals surface area contributed by atoms with Gasteiger partial charge in [0.2, 0.25) is 10.3 Å². The number of carbonyl (C=O) groups excluding carboxylic acids is 1. The van der Waals surface area contributed by atoms with Crippen molar-refractivity contribution in [3.05, 3.63) is 60.7 Å². The molecule has 0 fully saturated rings. The zero-order chi connectivity index (χ0) is 16.8. The van der Waals surface area contributed by atoms with Gasteiger partial charge >= 0.3 is 6.03 Å². The van der Waals surface area contributed by atoms with Crippen LogP contribution in [0.4, 0.5) is 26.4 Å². The molecule has 0 saturated heterocycles. The van der Waals surface area contributed by atoms with Gasteiger partial charge in [-0.05, 0) is 31.2 Å². The standard InChI is InChI=1S/C17H17N5OS/c1-2-22(14-11-7-4-8-12-14)17-21-20-16(24-17)19-15(23)18-13-9-5-3-6-10-13/h3-12H,2H2,1H3,(H2,18,19,20,23). The molecule has 2 amide bonds. The van der Waals surface area contributed by atoms with Crippen molar-refractivity contribution >= 4 is 39.0 Å². The predicted molar refractivity (Wildman–Crippen MR) is 98.1 cm³/mol. The number of amides is 2. The Hall–Kier alpha value is -2.93. The van der Waals surface area contributed by atoms with Crippen LogP contribution in [-0.4, -0.2) is 22.8 Å². The second-order valence-electron chi connectivity index (χ2n) is 4.91. The Morgan fingerprint density at radius 2 is 1.67 bits per heavy atom. The lowest BCUT2D eigenvalue weighted by atomic mass is 10.3. The first-order valence-corrected chi connectivity index (χ1v) is 8.37. The van der Waals surface area contributed by atoms with Crippen molar-refractivity contribution in [2.24, 2.45) is 0 Å². The van der Waals surface area contributed by atoms with Crippen molar-refractivity contribution in [3.8, 4) is 0 Å². The summed E-state index contributed by atoms with van der Waals surface area (Å²) in [7, 11) is 0. The molecule has 24 heavy (non-hydrogen) atoms. The fraction of sp³-hybridized carbons (Fsp3) is 0.118. The Labute approximate surface area is 144 Å². The van der Waals surface area contributed by atoms with E-state index in [1.807, 2.05) is 72.5 Å². The van der Waals surface area contributed by atoms with E-state index in [2.05, 4.69) is 20.8 Å². The predicted octanol–water partition coefficient (Wildman–Crippen LogP) is 4.34. The van der Waals surface area contributed by atoms with Gasteiger partial charge in [-0.3, -0.25) is 5.32 Å². The number of anilines is 4. The van der Waals surface area contributed by atoms with E-state index >= 15 is 0 Å². The maximum absolute atomic E-state index is 12.0. The molecule has 6 nitrogen and oxygen atoms in total. The van der Waals surface area contributed by atoms with E-state index in [9.17, 15) is 4.79 Å². The van der Waals surface area contributed by atoms with Gasteiger partial charge in [-0.15, -0.1) is 10.2 Å². The van der Waals surface area contributed by atoms with E-state index in [0.717, 1.165) is 23.1 Å². The number of carbonyl (C=O) groups is 1. The molecule has 0 aliphatic carbocycles. The molecule has 0 aliphatic heterocycles. The highest BCUT2D eigenvalue weighted by atomic mass is 32.1. The summed E-state index contributed by atoms with van der Waals surface area (Å²) in [5, 5.41) is 14.9. The third kappa shape index (κ3) is 3.88. The van der Waals surface area contributed by atoms with Crippen LogP contribution in [-0.2, 0) is 0 Å². The molecule has 0 bridgehead atoms. The van der Waals surface area contributed by atoms with E-state index in [1.165, 1.54) is 11.3 Å². The lowest BCUT2D eigenvalue weighted by molar-refractivity contribution is 0.262. The van der Waals surface area contributed by atoms with E-state index in [1.54, 1.807) is 0 Å². The minimum Gasteiger partial charge on any atom is -0.317 e. The molecule has 0 saturated carbocycles. The molecule has 0 radical (unpaired) electrons. The molecule has 2 aromatic carbocycles. The minimum atomic E-state index is -0.341. The van der Waals surface area contributed by atoms with E-state index < -0.39 is 0 Å². The number of aromatic nitrogens is 2. The highest BCUT2D eigenvalue weighted by molar-refractivity contribution is 7.19. The third-order valence-electron chi connectivity index (χ3n) is 3.28. The number of benzene rings is 2. The highest BCUT2D eigenvalue weighted by Crippen LogP contribution is 2.30. The van der Waals surface area contributed by atoms with Crippen molar-refractivity contribution in [3.63, 3.8) is 0 Å². The number of para-hydroxylation sites is 2. The first-order chi connectivity index (χ1) is 11.8. The van der Waals surface area contributed by atoms with Gasteiger partial charge in [0.15, 0.2) is 0 Å². The van der Waals surface area contributed by atoms with Gasteiger partial charge < -0.3 is 10.2 Å². The molecule has 3 aromatic rings. The quantitative estimate of drug-likeness (QED) is 0.725. The van der Waals surface area contributed by atoms with Crippen molar-refractivity contribution in [1.82, 2.24) is 10.2 Å². The van der Waals surface area contributed by atoms with Gasteiger partial charge in [0, 0.05) is 17.9 Å². The normalized spacial score (nSPS) is 10.2. The van der Waals surface area contributed by atoms with E-state index in [4.69, 9.17) is 0 Å². The van der Waals surface area contributed by atoms with Crippen LogP contribution < -0.4 is 15.5 Å². The van der Waals surface area contributed by atoms with Crippen LogP contribution in [0.3, 0.4) is 0 Å². The SMILES string of the molecule is CCN(c1ccccc1)c1nnc(NC(=O)Nc2ccccc2)s1. The summed E-state index contributed by atoms with van der Waals surface area (Å²) in [5.41, 5.74) is 1.76. The van der Waals surface area contributed by atoms with Crippen molar-refractivity contribution in [1.29, 1.82) is 0 Å². The second-order valence-corrected chi connectivity index (χ2v) is 5.87. The largest absolute Gasteiger partial charge is 0.325 e. The Kier molecular flexibility index (Phi) is 5.02. The summed E-state index contributed by atoms with van der Waals surface area (Å²) in [6, 6.07) is 18.9. The summed E-state index contributed by atoms with van der Waals surface area (Å²) in [5.74, 6) is 0. The molecule has 2 N–H and O–H groups in total. The lowest BCUT2D eigenvalue weighted by Gasteiger charge is -2.18. The second kappa shape index (κ2) is 7.56. The summed E-state index contributed by atoms with van der Waals surface area (Å²) in [6.07, 6.45) is 0. The Balaban J connectivity index is 1.68. The smallest absolute Gasteiger partial charge is 0.317 e. The monoisotopic (exact) mass is 339 g/mol. The van der Waals surface area contributed by atoms with Crippen LogP contribution >= 0.6 is 11.3 Å².